The van der Waals surface area contributed by atoms with Crippen LogP contribution in [0.5, 0.6) is 0 Å². The third-order valence-corrected chi connectivity index (χ3v) is 6.09. The normalized spacial score (nSPS) is 21.8. The van der Waals surface area contributed by atoms with Crippen molar-refractivity contribution in [2.24, 2.45) is 7.05 Å². The van der Waals surface area contributed by atoms with E-state index >= 15 is 0 Å². The largest absolute Gasteiger partial charge is 0.479 e. The van der Waals surface area contributed by atoms with E-state index < -0.39 is 11.5 Å². The third-order valence-electron chi connectivity index (χ3n) is 3.70. The van der Waals surface area contributed by atoms with Crippen molar-refractivity contribution in [3.63, 3.8) is 0 Å². The fraction of sp³-hybridized carbons (Fsp3) is 0.462. The molecule has 2 aromatic rings. The smallest absolute Gasteiger partial charge is 0.330 e. The summed E-state index contributed by atoms with van der Waals surface area (Å²) in [4.78, 5) is 25.3. The van der Waals surface area contributed by atoms with Crippen LogP contribution < -0.4 is 5.32 Å². The monoisotopic (exact) mass is 325 g/mol. The molecular formula is C13H15N3O3S2. The Morgan fingerprint density at radius 1 is 1.52 bits per heavy atom. The van der Waals surface area contributed by atoms with Gasteiger partial charge >= 0.3 is 5.97 Å². The van der Waals surface area contributed by atoms with E-state index in [0.29, 0.717) is 17.1 Å². The van der Waals surface area contributed by atoms with Crippen LogP contribution in [0.3, 0.4) is 0 Å². The first-order valence-corrected chi connectivity index (χ1v) is 8.47. The van der Waals surface area contributed by atoms with Gasteiger partial charge in [-0.25, -0.2) is 4.79 Å². The van der Waals surface area contributed by atoms with Gasteiger partial charge in [-0.15, -0.1) is 11.3 Å². The van der Waals surface area contributed by atoms with Crippen LogP contribution in [0.2, 0.25) is 0 Å². The maximum absolute atomic E-state index is 12.4. The minimum Gasteiger partial charge on any atom is -0.479 e. The number of aliphatic carboxylic acids is 1. The molecule has 2 aromatic heterocycles. The number of thioether (sulfide) groups is 1. The molecule has 8 heteroatoms. The zero-order valence-corrected chi connectivity index (χ0v) is 13.3. The number of carboxylic acid groups (broad SMARTS) is 1. The average molecular weight is 325 g/mol. The van der Waals surface area contributed by atoms with Crippen molar-refractivity contribution >= 4 is 45.2 Å². The van der Waals surface area contributed by atoms with Gasteiger partial charge in [-0.1, -0.05) is 0 Å². The van der Waals surface area contributed by atoms with Gasteiger partial charge in [0, 0.05) is 18.2 Å². The minimum atomic E-state index is -1.13. The Morgan fingerprint density at radius 3 is 2.86 bits per heavy atom. The van der Waals surface area contributed by atoms with Gasteiger partial charge in [0.05, 0.1) is 10.6 Å². The molecule has 0 spiro atoms. The van der Waals surface area contributed by atoms with E-state index in [4.69, 9.17) is 0 Å². The number of aryl methyl sites for hydroxylation is 2. The van der Waals surface area contributed by atoms with Crippen molar-refractivity contribution in [3.8, 4) is 0 Å². The first kappa shape index (κ1) is 14.4. The number of rotatable bonds is 3. The molecular weight excluding hydrogens is 310 g/mol. The van der Waals surface area contributed by atoms with E-state index in [1.54, 1.807) is 22.5 Å². The molecule has 3 rings (SSSR count). The Hall–Kier alpha value is -1.54. The van der Waals surface area contributed by atoms with Gasteiger partial charge in [0.1, 0.15) is 10.4 Å². The Labute approximate surface area is 129 Å². The van der Waals surface area contributed by atoms with Crippen LogP contribution in [0.25, 0.3) is 10.2 Å². The lowest BCUT2D eigenvalue weighted by Gasteiger charge is -2.24. The molecule has 0 aromatic carbocycles. The predicted molar refractivity (Wildman–Crippen MR) is 83.1 cm³/mol. The lowest BCUT2D eigenvalue weighted by molar-refractivity contribution is -0.143. The molecule has 1 saturated heterocycles. The van der Waals surface area contributed by atoms with Gasteiger partial charge in [-0.3, -0.25) is 9.48 Å². The molecule has 2 N–H and O–H groups in total. The topological polar surface area (TPSA) is 84.2 Å². The van der Waals surface area contributed by atoms with Crippen LogP contribution in [-0.2, 0) is 11.8 Å². The molecule has 1 amide bonds. The second-order valence-electron chi connectivity index (χ2n) is 5.18. The number of carbonyl (C=O) groups is 2. The highest BCUT2D eigenvalue weighted by Gasteiger charge is 2.43. The molecule has 1 aliphatic heterocycles. The summed E-state index contributed by atoms with van der Waals surface area (Å²) in [6, 6.07) is 1.79. The van der Waals surface area contributed by atoms with E-state index in [9.17, 15) is 14.7 Å². The SMILES string of the molecule is Cc1nn(C)c2sc(C(=O)NC3(C(=O)O)CCSC3)cc12. The Morgan fingerprint density at radius 2 is 2.29 bits per heavy atom. The summed E-state index contributed by atoms with van der Waals surface area (Å²) in [5.41, 5.74) is -0.266. The van der Waals surface area contributed by atoms with E-state index in [1.807, 2.05) is 14.0 Å². The average Bonchev–Trinajstić information content (AvgIpc) is 3.09. The highest BCUT2D eigenvalue weighted by atomic mass is 32.2. The summed E-state index contributed by atoms with van der Waals surface area (Å²) in [6.07, 6.45) is 0.463. The number of amides is 1. The molecule has 21 heavy (non-hydrogen) atoms. The second kappa shape index (κ2) is 5.03. The lowest BCUT2D eigenvalue weighted by Crippen LogP contribution is -2.54. The summed E-state index contributed by atoms with van der Waals surface area (Å²) in [7, 11) is 1.83. The summed E-state index contributed by atoms with van der Waals surface area (Å²) in [5.74, 6) is -0.109. The summed E-state index contributed by atoms with van der Waals surface area (Å²) in [6.45, 7) is 1.89. The molecule has 3 heterocycles. The molecule has 112 valence electrons. The molecule has 1 aliphatic rings. The van der Waals surface area contributed by atoms with Gasteiger partial charge < -0.3 is 10.4 Å². The highest BCUT2D eigenvalue weighted by Crippen LogP contribution is 2.31. The predicted octanol–water partition coefficient (Wildman–Crippen LogP) is 1.63. The zero-order valence-electron chi connectivity index (χ0n) is 11.7. The molecule has 1 atom stereocenters. The van der Waals surface area contributed by atoms with E-state index in [0.717, 1.165) is 21.7 Å². The number of fused-ring (bicyclic) bond motifs is 1. The van der Waals surface area contributed by atoms with Crippen LogP contribution in [0, 0.1) is 6.92 Å². The number of hydrogen-bond acceptors (Lipinski definition) is 5. The van der Waals surface area contributed by atoms with E-state index in [-0.39, 0.29) is 5.91 Å². The maximum Gasteiger partial charge on any atom is 0.330 e. The third kappa shape index (κ3) is 2.32. The van der Waals surface area contributed by atoms with Crippen molar-refractivity contribution in [2.45, 2.75) is 18.9 Å². The Bertz CT molecular complexity index is 694. The van der Waals surface area contributed by atoms with E-state index in [2.05, 4.69) is 10.4 Å². The second-order valence-corrected chi connectivity index (χ2v) is 7.32. The van der Waals surface area contributed by atoms with Crippen molar-refractivity contribution < 1.29 is 14.7 Å². The van der Waals surface area contributed by atoms with Crippen molar-refractivity contribution in [3.05, 3.63) is 16.6 Å². The fourth-order valence-electron chi connectivity index (χ4n) is 2.48. The fourth-order valence-corrected chi connectivity index (χ4v) is 4.83. The summed E-state index contributed by atoms with van der Waals surface area (Å²) < 4.78 is 1.74. The molecule has 6 nitrogen and oxygen atoms in total. The number of nitrogens with one attached hydrogen (secondary N) is 1. The Balaban J connectivity index is 1.90. The number of aromatic nitrogens is 2. The van der Waals surface area contributed by atoms with Crippen LogP contribution in [0.1, 0.15) is 21.8 Å². The molecule has 0 saturated carbocycles. The molecule has 1 fully saturated rings. The molecule has 0 bridgehead atoms. The van der Waals surface area contributed by atoms with Gasteiger partial charge in [-0.05, 0) is 25.2 Å². The summed E-state index contributed by atoms with van der Waals surface area (Å²) >= 11 is 2.89. The van der Waals surface area contributed by atoms with Crippen LogP contribution in [-0.4, -0.2) is 43.8 Å². The Kier molecular flexibility index (Phi) is 3.45. The molecule has 0 radical (unpaired) electrons. The van der Waals surface area contributed by atoms with Gasteiger partial charge in [0.2, 0.25) is 0 Å². The number of nitrogens with zero attached hydrogens (tertiary/aromatic N) is 2. The van der Waals surface area contributed by atoms with Crippen LogP contribution >= 0.6 is 23.1 Å². The van der Waals surface area contributed by atoms with Gasteiger partial charge in [0.25, 0.3) is 5.91 Å². The molecule has 1 unspecified atom stereocenters. The van der Waals surface area contributed by atoms with Crippen molar-refractivity contribution in [1.82, 2.24) is 15.1 Å². The number of thiophene rings is 1. The first-order chi connectivity index (χ1) is 9.93. The number of hydrogen-bond donors (Lipinski definition) is 2. The number of carbonyl (C=O) groups excluding carboxylic acids is 1. The lowest BCUT2D eigenvalue weighted by atomic mass is 9.99. The summed E-state index contributed by atoms with van der Waals surface area (Å²) in [5, 5.41) is 17.4. The number of carboxylic acids is 1. The molecule has 0 aliphatic carbocycles. The van der Waals surface area contributed by atoms with Gasteiger partial charge in [-0.2, -0.15) is 16.9 Å². The highest BCUT2D eigenvalue weighted by molar-refractivity contribution is 7.99. The zero-order chi connectivity index (χ0) is 15.2. The van der Waals surface area contributed by atoms with E-state index in [1.165, 1.54) is 11.3 Å². The standard InChI is InChI=1S/C13H15N3O3S2/c1-7-8-5-9(21-11(8)16(2)15-7)10(17)14-13(12(18)19)3-4-20-6-13/h5H,3-4,6H2,1-2H3,(H,14,17)(H,18,19). The minimum absolute atomic E-state index is 0.319. The first-order valence-electron chi connectivity index (χ1n) is 6.50. The quantitative estimate of drug-likeness (QED) is 0.896. The van der Waals surface area contributed by atoms with Crippen molar-refractivity contribution in [2.75, 3.05) is 11.5 Å². The maximum atomic E-state index is 12.4. The van der Waals surface area contributed by atoms with Crippen molar-refractivity contribution in [1.29, 1.82) is 0 Å². The van der Waals surface area contributed by atoms with Crippen LogP contribution in [0.15, 0.2) is 6.07 Å². The van der Waals surface area contributed by atoms with Crippen LogP contribution in [0.4, 0.5) is 0 Å². The van der Waals surface area contributed by atoms with Gasteiger partial charge in [0.15, 0.2) is 0 Å².